The van der Waals surface area contributed by atoms with Crippen molar-refractivity contribution >= 4 is 28.0 Å². The zero-order chi connectivity index (χ0) is 29.8. The fourth-order valence-corrected chi connectivity index (χ4v) is 6.13. The van der Waals surface area contributed by atoms with Gasteiger partial charge in [-0.25, -0.2) is 19.9 Å². The molecule has 226 valence electrons. The van der Waals surface area contributed by atoms with E-state index in [0.29, 0.717) is 23.0 Å². The average molecular weight is 577 g/mol. The molecule has 6 rings (SSSR count). The number of anilines is 1. The number of imidazole rings is 2. The van der Waals surface area contributed by atoms with E-state index in [0.717, 1.165) is 49.2 Å². The zero-order valence-electron chi connectivity index (χ0n) is 25.8. The number of nitrogens with two attached hydrogens (primary N) is 1. The Balaban J connectivity index is 1.11. The molecule has 0 bridgehead atoms. The smallest absolute Gasteiger partial charge is 0.167 e. The molecule has 11 nitrogen and oxygen atoms in total. The third-order valence-electron chi connectivity index (χ3n) is 8.44. The van der Waals surface area contributed by atoms with Gasteiger partial charge in [0.1, 0.15) is 36.0 Å². The Morgan fingerprint density at radius 2 is 1.88 bits per heavy atom. The van der Waals surface area contributed by atoms with Crippen molar-refractivity contribution in [3.8, 4) is 0 Å². The quantitative estimate of drug-likeness (QED) is 0.272. The number of benzene rings is 1. The minimum absolute atomic E-state index is 0.114. The van der Waals surface area contributed by atoms with Crippen molar-refractivity contribution in [3.63, 3.8) is 0 Å². The highest BCUT2D eigenvalue weighted by Gasteiger charge is 2.56. The van der Waals surface area contributed by atoms with Crippen LogP contribution in [0.1, 0.15) is 78.9 Å². The Bertz CT molecular complexity index is 1550. The van der Waals surface area contributed by atoms with Crippen LogP contribution in [0.15, 0.2) is 30.9 Å². The first-order valence-corrected chi connectivity index (χ1v) is 15.1. The molecule has 42 heavy (non-hydrogen) atoms. The summed E-state index contributed by atoms with van der Waals surface area (Å²) in [5, 5.41) is 0. The summed E-state index contributed by atoms with van der Waals surface area (Å²) in [5.74, 6) is 0.688. The summed E-state index contributed by atoms with van der Waals surface area (Å²) in [7, 11) is 0. The van der Waals surface area contributed by atoms with Crippen molar-refractivity contribution in [1.82, 2.24) is 34.4 Å². The largest absolute Gasteiger partial charge is 0.382 e. The lowest BCUT2D eigenvalue weighted by atomic mass is 9.87. The number of ether oxygens (including phenoxy) is 3. The topological polar surface area (TPSA) is 129 Å². The molecule has 3 N–H and O–H groups in total. The van der Waals surface area contributed by atoms with Gasteiger partial charge in [0.25, 0.3) is 0 Å². The monoisotopic (exact) mass is 576 g/mol. The first-order valence-electron chi connectivity index (χ1n) is 15.1. The lowest BCUT2D eigenvalue weighted by molar-refractivity contribution is -0.198. The molecule has 2 aliphatic heterocycles. The van der Waals surface area contributed by atoms with E-state index in [1.807, 2.05) is 18.4 Å². The molecule has 0 spiro atoms. The van der Waals surface area contributed by atoms with Gasteiger partial charge in [0, 0.05) is 19.0 Å². The Hall–Kier alpha value is -3.12. The molecule has 0 aliphatic carbocycles. The molecule has 1 aromatic carbocycles. The third-order valence-corrected chi connectivity index (χ3v) is 8.44. The molecule has 2 aliphatic rings. The van der Waals surface area contributed by atoms with Crippen LogP contribution in [0.4, 0.5) is 5.82 Å². The molecule has 3 aromatic heterocycles. The van der Waals surface area contributed by atoms with E-state index >= 15 is 0 Å². The van der Waals surface area contributed by atoms with E-state index in [4.69, 9.17) is 24.9 Å². The van der Waals surface area contributed by atoms with E-state index in [1.54, 1.807) is 6.33 Å². The van der Waals surface area contributed by atoms with Gasteiger partial charge in [-0.05, 0) is 70.2 Å². The number of unbranched alkanes of at least 4 members (excludes halogenated alkanes) is 1. The van der Waals surface area contributed by atoms with Crippen molar-refractivity contribution in [2.75, 3.05) is 18.8 Å². The second-order valence-corrected chi connectivity index (χ2v) is 13.4. The molecule has 2 unspecified atom stereocenters. The van der Waals surface area contributed by atoms with E-state index in [9.17, 15) is 0 Å². The number of hydrogen-bond acceptors (Lipinski definition) is 9. The summed E-state index contributed by atoms with van der Waals surface area (Å²) in [4.78, 5) is 23.8. The lowest BCUT2D eigenvalue weighted by Gasteiger charge is -2.31. The number of aryl methyl sites for hydroxylation is 1. The van der Waals surface area contributed by atoms with Crippen LogP contribution in [0.25, 0.3) is 22.2 Å². The summed E-state index contributed by atoms with van der Waals surface area (Å²) >= 11 is 0. The number of aromatic nitrogens is 6. The molecular formula is C31H44N8O3. The SMILES string of the molecule is CC(C)N(CCCCc1nc2ccc(C(C)(C)C)cc2[nH]1)CC1OC(n2cnc3c(N)ncnc32)[C@@H]2OC(C)(C)O[C@H]12. The van der Waals surface area contributed by atoms with Gasteiger partial charge in [0.05, 0.1) is 17.4 Å². The fraction of sp³-hybridized carbons (Fsp3) is 0.613. The number of nitrogen functional groups attached to an aromatic ring is 1. The van der Waals surface area contributed by atoms with E-state index < -0.39 is 12.0 Å². The molecule has 2 saturated heterocycles. The van der Waals surface area contributed by atoms with Crippen molar-refractivity contribution in [2.24, 2.45) is 0 Å². The predicted octanol–water partition coefficient (Wildman–Crippen LogP) is 4.73. The lowest BCUT2D eigenvalue weighted by Crippen LogP contribution is -2.43. The Morgan fingerprint density at radius 3 is 2.64 bits per heavy atom. The van der Waals surface area contributed by atoms with Gasteiger partial charge < -0.3 is 24.9 Å². The number of hydrogen-bond donors (Lipinski definition) is 2. The number of nitrogens with one attached hydrogen (secondary N) is 1. The number of H-pyrrole nitrogens is 1. The van der Waals surface area contributed by atoms with Crippen molar-refractivity contribution < 1.29 is 14.2 Å². The highest BCUT2D eigenvalue weighted by molar-refractivity contribution is 5.81. The number of aromatic amines is 1. The standard InChI is InChI=1S/C31H44N8O3/c1-18(2)38(13-9-8-10-23-36-20-12-11-19(30(3,4)5)14-21(20)37-23)15-22-25-26(42-31(6,7)41-25)29(40-22)39-17-35-24-27(32)33-16-34-28(24)39/h11-12,14,16-18,22,25-26,29H,8-10,13,15H2,1-7H3,(H,36,37)(H2,32,33,34)/t22?,25-,26-,29?/m1/s1. The van der Waals surface area contributed by atoms with Gasteiger partial charge in [-0.3, -0.25) is 9.47 Å². The summed E-state index contributed by atoms with van der Waals surface area (Å²) in [6, 6.07) is 6.90. The number of fused-ring (bicyclic) bond motifs is 3. The summed E-state index contributed by atoms with van der Waals surface area (Å²) < 4.78 is 21.3. The first kappa shape index (κ1) is 29.0. The van der Waals surface area contributed by atoms with Gasteiger partial charge in [0.2, 0.25) is 0 Å². The van der Waals surface area contributed by atoms with Gasteiger partial charge >= 0.3 is 0 Å². The van der Waals surface area contributed by atoms with Crippen molar-refractivity contribution in [3.05, 3.63) is 42.2 Å². The van der Waals surface area contributed by atoms with Crippen LogP contribution in [0.5, 0.6) is 0 Å². The molecule has 4 atom stereocenters. The zero-order valence-corrected chi connectivity index (χ0v) is 25.8. The van der Waals surface area contributed by atoms with E-state index in [-0.39, 0.29) is 23.7 Å². The van der Waals surface area contributed by atoms with Crippen LogP contribution >= 0.6 is 0 Å². The molecule has 0 saturated carbocycles. The van der Waals surface area contributed by atoms with Crippen molar-refractivity contribution in [2.45, 2.75) is 110 Å². The molecule has 0 amide bonds. The Kier molecular flexibility index (Phi) is 7.49. The number of rotatable bonds is 9. The maximum absolute atomic E-state index is 6.65. The van der Waals surface area contributed by atoms with Gasteiger partial charge in [-0.1, -0.05) is 26.8 Å². The minimum atomic E-state index is -0.705. The maximum atomic E-state index is 6.65. The van der Waals surface area contributed by atoms with Gasteiger partial charge in [0.15, 0.2) is 23.5 Å². The van der Waals surface area contributed by atoms with Gasteiger partial charge in [-0.15, -0.1) is 0 Å². The summed E-state index contributed by atoms with van der Waals surface area (Å²) in [6.45, 7) is 16.8. The second kappa shape index (κ2) is 10.9. The molecule has 11 heteroatoms. The Morgan fingerprint density at radius 1 is 1.10 bits per heavy atom. The van der Waals surface area contributed by atoms with Crippen LogP contribution in [0.2, 0.25) is 0 Å². The molecule has 0 radical (unpaired) electrons. The normalized spacial score (nSPS) is 24.0. The summed E-state index contributed by atoms with van der Waals surface area (Å²) in [5.41, 5.74) is 10.8. The minimum Gasteiger partial charge on any atom is -0.382 e. The summed E-state index contributed by atoms with van der Waals surface area (Å²) in [6.07, 6.45) is 5.07. The maximum Gasteiger partial charge on any atom is 0.167 e. The van der Waals surface area contributed by atoms with Crippen LogP contribution in [0.3, 0.4) is 0 Å². The van der Waals surface area contributed by atoms with E-state index in [2.05, 4.69) is 77.7 Å². The molecule has 2 fully saturated rings. The van der Waals surface area contributed by atoms with Crippen LogP contribution in [-0.2, 0) is 26.0 Å². The second-order valence-electron chi connectivity index (χ2n) is 13.4. The molecular weight excluding hydrogens is 532 g/mol. The molecule has 4 aromatic rings. The van der Waals surface area contributed by atoms with Gasteiger partial charge in [-0.2, -0.15) is 0 Å². The van der Waals surface area contributed by atoms with Crippen molar-refractivity contribution in [1.29, 1.82) is 0 Å². The predicted molar refractivity (Wildman–Crippen MR) is 162 cm³/mol. The highest BCUT2D eigenvalue weighted by Crippen LogP contribution is 2.44. The molecule has 5 heterocycles. The fourth-order valence-electron chi connectivity index (χ4n) is 6.13. The third kappa shape index (κ3) is 5.62. The van der Waals surface area contributed by atoms with Crippen LogP contribution in [-0.4, -0.2) is 77.6 Å². The average Bonchev–Trinajstić information content (AvgIpc) is 3.66. The van der Waals surface area contributed by atoms with Crippen LogP contribution in [0, 0.1) is 0 Å². The first-order chi connectivity index (χ1) is 19.9. The highest BCUT2D eigenvalue weighted by atomic mass is 16.8. The number of nitrogens with zero attached hydrogens (tertiary/aromatic N) is 6. The Labute approximate surface area is 247 Å². The van der Waals surface area contributed by atoms with E-state index in [1.165, 1.54) is 11.9 Å². The van der Waals surface area contributed by atoms with Crippen LogP contribution < -0.4 is 5.73 Å².